The predicted octanol–water partition coefficient (Wildman–Crippen LogP) is 4.38. The summed E-state index contributed by atoms with van der Waals surface area (Å²) >= 11 is 0. The van der Waals surface area contributed by atoms with E-state index in [-0.39, 0.29) is 10.9 Å². The van der Waals surface area contributed by atoms with Crippen LogP contribution in [0, 0.1) is 6.92 Å². The van der Waals surface area contributed by atoms with Crippen LogP contribution in [0.2, 0.25) is 0 Å². The molecule has 0 saturated heterocycles. The molecule has 1 heterocycles. The molecule has 0 radical (unpaired) electrons. The summed E-state index contributed by atoms with van der Waals surface area (Å²) in [5.41, 5.74) is 2.78. The molecule has 0 fully saturated rings. The second-order valence-electron chi connectivity index (χ2n) is 7.47. The van der Waals surface area contributed by atoms with Crippen molar-refractivity contribution in [3.8, 4) is 5.75 Å². The first-order valence-corrected chi connectivity index (χ1v) is 12.2. The molecule has 0 bridgehead atoms. The molecule has 0 aliphatic carbocycles. The number of esters is 1. The third-order valence-electron chi connectivity index (χ3n) is 5.22. The van der Waals surface area contributed by atoms with Crippen LogP contribution < -0.4 is 4.74 Å². The summed E-state index contributed by atoms with van der Waals surface area (Å²) in [6.45, 7) is 4.34. The molecule has 0 unspecified atom stereocenters. The van der Waals surface area contributed by atoms with Crippen LogP contribution >= 0.6 is 0 Å². The van der Waals surface area contributed by atoms with Gasteiger partial charge in [0.25, 0.3) is 0 Å². The largest absolute Gasteiger partial charge is 0.477 e. The summed E-state index contributed by atoms with van der Waals surface area (Å²) in [7, 11) is -3.59. The van der Waals surface area contributed by atoms with E-state index in [1.807, 2.05) is 23.6 Å². The third kappa shape index (κ3) is 4.90. The fourth-order valence-corrected chi connectivity index (χ4v) is 4.56. The van der Waals surface area contributed by atoms with Gasteiger partial charge in [-0.15, -0.1) is 0 Å². The first-order valence-electron chi connectivity index (χ1n) is 10.5. The minimum Gasteiger partial charge on any atom is -0.477 e. The highest BCUT2D eigenvalue weighted by atomic mass is 32.2. The van der Waals surface area contributed by atoms with Gasteiger partial charge >= 0.3 is 5.97 Å². The van der Waals surface area contributed by atoms with E-state index in [9.17, 15) is 13.2 Å². The standard InChI is InChI=1S/C25H24N2O5S/c1-3-31-25(28)19-13-14-22-23(15-19)27(18(2)26-22)16-20-9-7-8-12-24(20)32-17-33(29,30)21-10-5-4-6-11-21/h4-15H,3,16-17H2,1-2H3. The van der Waals surface area contributed by atoms with Crippen molar-refractivity contribution in [3.05, 3.63) is 89.7 Å². The Balaban J connectivity index is 1.62. The second kappa shape index (κ2) is 9.46. The number of carbonyl (C=O) groups is 1. The lowest BCUT2D eigenvalue weighted by Crippen LogP contribution is -2.14. The Morgan fingerprint density at radius 2 is 1.73 bits per heavy atom. The Labute approximate surface area is 192 Å². The Morgan fingerprint density at radius 3 is 2.48 bits per heavy atom. The van der Waals surface area contributed by atoms with E-state index < -0.39 is 15.8 Å². The van der Waals surface area contributed by atoms with E-state index in [0.717, 1.165) is 22.4 Å². The van der Waals surface area contributed by atoms with Gasteiger partial charge in [0.15, 0.2) is 5.94 Å². The molecule has 0 saturated carbocycles. The number of aryl methyl sites for hydroxylation is 1. The van der Waals surface area contributed by atoms with Gasteiger partial charge in [-0.05, 0) is 50.2 Å². The first-order chi connectivity index (χ1) is 15.9. The SMILES string of the molecule is CCOC(=O)c1ccc2nc(C)n(Cc3ccccc3OCS(=O)(=O)c3ccccc3)c2c1. The maximum absolute atomic E-state index is 12.6. The molecular weight excluding hydrogens is 440 g/mol. The number of imidazole rings is 1. The summed E-state index contributed by atoms with van der Waals surface area (Å²) in [5.74, 6) is 0.377. The number of hydrogen-bond acceptors (Lipinski definition) is 6. The molecule has 33 heavy (non-hydrogen) atoms. The molecule has 0 atom stereocenters. The van der Waals surface area contributed by atoms with E-state index in [1.165, 1.54) is 0 Å². The van der Waals surface area contributed by atoms with Crippen LogP contribution in [-0.4, -0.2) is 36.5 Å². The van der Waals surface area contributed by atoms with Crippen molar-refractivity contribution in [1.29, 1.82) is 0 Å². The molecule has 0 spiro atoms. The Morgan fingerprint density at radius 1 is 1.00 bits per heavy atom. The predicted molar refractivity (Wildman–Crippen MR) is 125 cm³/mol. The molecular formula is C25H24N2O5S. The van der Waals surface area contributed by atoms with Crippen LogP contribution in [0.25, 0.3) is 11.0 Å². The van der Waals surface area contributed by atoms with Crippen molar-refractivity contribution in [3.63, 3.8) is 0 Å². The summed E-state index contributed by atoms with van der Waals surface area (Å²) in [4.78, 5) is 17.0. The molecule has 170 valence electrons. The normalized spacial score (nSPS) is 11.5. The maximum Gasteiger partial charge on any atom is 0.338 e. The highest BCUT2D eigenvalue weighted by molar-refractivity contribution is 7.91. The minimum absolute atomic E-state index is 0.213. The zero-order chi connectivity index (χ0) is 23.4. The van der Waals surface area contributed by atoms with Gasteiger partial charge in [-0.3, -0.25) is 0 Å². The van der Waals surface area contributed by atoms with Gasteiger partial charge < -0.3 is 14.0 Å². The van der Waals surface area contributed by atoms with Crippen molar-refractivity contribution >= 4 is 26.8 Å². The van der Waals surface area contributed by atoms with Crippen molar-refractivity contribution in [2.75, 3.05) is 12.5 Å². The molecule has 7 nitrogen and oxygen atoms in total. The van der Waals surface area contributed by atoms with Crippen LogP contribution in [0.15, 0.2) is 77.7 Å². The number of benzene rings is 3. The second-order valence-corrected chi connectivity index (χ2v) is 9.40. The highest BCUT2D eigenvalue weighted by Gasteiger charge is 2.17. The number of hydrogen-bond donors (Lipinski definition) is 0. The highest BCUT2D eigenvalue weighted by Crippen LogP contribution is 2.25. The minimum atomic E-state index is -3.59. The van der Waals surface area contributed by atoms with Crippen molar-refractivity contribution in [2.24, 2.45) is 0 Å². The molecule has 0 N–H and O–H groups in total. The van der Waals surface area contributed by atoms with Gasteiger partial charge in [0.1, 0.15) is 11.6 Å². The Hall–Kier alpha value is -3.65. The molecule has 4 aromatic rings. The van der Waals surface area contributed by atoms with Crippen LogP contribution in [0.5, 0.6) is 5.75 Å². The number of nitrogens with zero attached hydrogens (tertiary/aromatic N) is 2. The smallest absolute Gasteiger partial charge is 0.338 e. The van der Waals surface area contributed by atoms with Gasteiger partial charge in [0, 0.05) is 5.56 Å². The van der Waals surface area contributed by atoms with E-state index in [0.29, 0.717) is 24.5 Å². The average Bonchev–Trinajstić information content (AvgIpc) is 3.13. The number of aromatic nitrogens is 2. The van der Waals surface area contributed by atoms with Crippen LogP contribution in [0.1, 0.15) is 28.7 Å². The molecule has 4 rings (SSSR count). The van der Waals surface area contributed by atoms with Crippen molar-refractivity contribution in [1.82, 2.24) is 9.55 Å². The van der Waals surface area contributed by atoms with E-state index in [1.54, 1.807) is 67.6 Å². The summed E-state index contributed by atoms with van der Waals surface area (Å²) in [6.07, 6.45) is 0. The topological polar surface area (TPSA) is 87.5 Å². The summed E-state index contributed by atoms with van der Waals surface area (Å²) in [6, 6.07) is 20.8. The van der Waals surface area contributed by atoms with Gasteiger partial charge in [-0.25, -0.2) is 18.2 Å². The lowest BCUT2D eigenvalue weighted by molar-refractivity contribution is 0.0526. The lowest BCUT2D eigenvalue weighted by Gasteiger charge is -2.14. The van der Waals surface area contributed by atoms with E-state index in [2.05, 4.69) is 4.98 Å². The van der Waals surface area contributed by atoms with E-state index in [4.69, 9.17) is 9.47 Å². The fourth-order valence-electron chi connectivity index (χ4n) is 3.57. The lowest BCUT2D eigenvalue weighted by atomic mass is 10.1. The van der Waals surface area contributed by atoms with Gasteiger partial charge in [0.2, 0.25) is 9.84 Å². The monoisotopic (exact) mass is 464 g/mol. The Kier molecular flexibility index (Phi) is 6.46. The molecule has 0 amide bonds. The van der Waals surface area contributed by atoms with E-state index >= 15 is 0 Å². The number of ether oxygens (including phenoxy) is 2. The Bertz CT molecular complexity index is 1400. The molecule has 0 aliphatic heterocycles. The molecule has 3 aromatic carbocycles. The fraction of sp³-hybridized carbons (Fsp3) is 0.200. The number of fused-ring (bicyclic) bond motifs is 1. The number of carbonyl (C=O) groups excluding carboxylic acids is 1. The number of para-hydroxylation sites is 1. The third-order valence-corrected chi connectivity index (χ3v) is 6.64. The summed E-state index contributed by atoms with van der Waals surface area (Å²) < 4.78 is 38.1. The van der Waals surface area contributed by atoms with Crippen molar-refractivity contribution < 1.29 is 22.7 Å². The average molecular weight is 465 g/mol. The van der Waals surface area contributed by atoms with Gasteiger partial charge in [0.05, 0.1) is 34.6 Å². The molecule has 1 aromatic heterocycles. The zero-order valence-corrected chi connectivity index (χ0v) is 19.2. The van der Waals surface area contributed by atoms with Gasteiger partial charge in [-0.2, -0.15) is 0 Å². The zero-order valence-electron chi connectivity index (χ0n) is 18.4. The maximum atomic E-state index is 12.6. The van der Waals surface area contributed by atoms with Crippen LogP contribution in [-0.2, 0) is 21.1 Å². The van der Waals surface area contributed by atoms with Crippen molar-refractivity contribution in [2.45, 2.75) is 25.3 Å². The summed E-state index contributed by atoms with van der Waals surface area (Å²) in [5, 5.41) is 0. The van der Waals surface area contributed by atoms with Gasteiger partial charge in [-0.1, -0.05) is 36.4 Å². The number of sulfone groups is 1. The van der Waals surface area contributed by atoms with Crippen LogP contribution in [0.4, 0.5) is 0 Å². The first kappa shape index (κ1) is 22.5. The number of rotatable bonds is 8. The molecule has 8 heteroatoms. The molecule has 0 aliphatic rings. The quantitative estimate of drug-likeness (QED) is 0.360. The van der Waals surface area contributed by atoms with Crippen LogP contribution in [0.3, 0.4) is 0 Å².